The van der Waals surface area contributed by atoms with Crippen LogP contribution in [-0.4, -0.2) is 13.6 Å². The van der Waals surface area contributed by atoms with Crippen molar-refractivity contribution in [3.05, 3.63) is 38.9 Å². The Hall–Kier alpha value is -0.860. The summed E-state index contributed by atoms with van der Waals surface area (Å²) in [5, 5.41) is 3.65. The summed E-state index contributed by atoms with van der Waals surface area (Å²) in [6, 6.07) is 6.28. The smallest absolute Gasteiger partial charge is 0.264 e. The molecular formula is C10H8Br2N2O3S. The lowest BCUT2D eigenvalue weighted by atomic mass is 10.4. The molecule has 1 N–H and O–H groups in total. The normalized spacial score (nSPS) is 11.5. The lowest BCUT2D eigenvalue weighted by Crippen LogP contribution is -2.12. The van der Waals surface area contributed by atoms with Gasteiger partial charge in [0, 0.05) is 4.47 Å². The average Bonchev–Trinajstić information content (AvgIpc) is 2.61. The zero-order chi connectivity index (χ0) is 13.3. The maximum atomic E-state index is 12.0. The first-order chi connectivity index (χ1) is 8.40. The van der Waals surface area contributed by atoms with Crippen molar-refractivity contribution < 1.29 is 12.9 Å². The molecule has 0 saturated heterocycles. The standard InChI is InChI=1S/C10H8Br2N2O3S/c1-6-9(12)10(17-13-6)14-18(15,16)8-4-2-7(11)3-5-8/h2-5,14H,1H3. The second-order valence-corrected chi connectivity index (χ2v) is 6.86. The van der Waals surface area contributed by atoms with Gasteiger partial charge in [0.1, 0.15) is 4.47 Å². The van der Waals surface area contributed by atoms with Crippen molar-refractivity contribution in [2.45, 2.75) is 11.8 Å². The second kappa shape index (κ2) is 5.02. The lowest BCUT2D eigenvalue weighted by molar-refractivity contribution is 0.430. The van der Waals surface area contributed by atoms with Gasteiger partial charge in [-0.3, -0.25) is 0 Å². The zero-order valence-corrected chi connectivity index (χ0v) is 13.1. The molecule has 0 atom stereocenters. The Morgan fingerprint density at radius 1 is 1.22 bits per heavy atom. The van der Waals surface area contributed by atoms with Crippen LogP contribution in [0.4, 0.5) is 5.88 Å². The topological polar surface area (TPSA) is 72.2 Å². The number of benzene rings is 1. The van der Waals surface area contributed by atoms with Crippen molar-refractivity contribution in [3.8, 4) is 0 Å². The van der Waals surface area contributed by atoms with Gasteiger partial charge in [0.05, 0.1) is 10.6 Å². The summed E-state index contributed by atoms with van der Waals surface area (Å²) < 4.78 is 32.6. The summed E-state index contributed by atoms with van der Waals surface area (Å²) >= 11 is 6.44. The summed E-state index contributed by atoms with van der Waals surface area (Å²) in [6.45, 7) is 1.70. The molecule has 0 bridgehead atoms. The third-order valence-corrected chi connectivity index (χ3v) is 4.95. The minimum Gasteiger partial charge on any atom is -0.336 e. The molecule has 0 unspecified atom stereocenters. The van der Waals surface area contributed by atoms with Crippen molar-refractivity contribution in [1.82, 2.24) is 5.16 Å². The van der Waals surface area contributed by atoms with E-state index >= 15 is 0 Å². The molecule has 0 fully saturated rings. The zero-order valence-electron chi connectivity index (χ0n) is 9.15. The van der Waals surface area contributed by atoms with Gasteiger partial charge in [-0.15, -0.1) is 0 Å². The highest BCUT2D eigenvalue weighted by atomic mass is 79.9. The second-order valence-electron chi connectivity index (χ2n) is 3.47. The van der Waals surface area contributed by atoms with Gasteiger partial charge in [-0.25, -0.2) is 13.1 Å². The van der Waals surface area contributed by atoms with Crippen LogP contribution >= 0.6 is 31.9 Å². The van der Waals surface area contributed by atoms with Crippen molar-refractivity contribution in [1.29, 1.82) is 0 Å². The fraction of sp³-hybridized carbons (Fsp3) is 0.100. The van der Waals surface area contributed by atoms with Crippen molar-refractivity contribution in [2.24, 2.45) is 0 Å². The van der Waals surface area contributed by atoms with Gasteiger partial charge in [0.25, 0.3) is 15.9 Å². The van der Waals surface area contributed by atoms with E-state index in [1.165, 1.54) is 12.1 Å². The third kappa shape index (κ3) is 2.76. The molecule has 0 amide bonds. The van der Waals surface area contributed by atoms with Gasteiger partial charge >= 0.3 is 0 Å². The Morgan fingerprint density at radius 2 is 1.83 bits per heavy atom. The number of hydrogen-bond donors (Lipinski definition) is 1. The van der Waals surface area contributed by atoms with E-state index in [-0.39, 0.29) is 10.8 Å². The SMILES string of the molecule is Cc1noc(NS(=O)(=O)c2ccc(Br)cc2)c1Br. The number of halogens is 2. The van der Waals surface area contributed by atoms with E-state index in [2.05, 4.69) is 41.7 Å². The number of rotatable bonds is 3. The number of aryl methyl sites for hydroxylation is 1. The van der Waals surface area contributed by atoms with Crippen molar-refractivity contribution in [2.75, 3.05) is 4.72 Å². The first kappa shape index (κ1) is 13.6. The van der Waals surface area contributed by atoms with Crippen LogP contribution in [0.15, 0.2) is 42.6 Å². The molecule has 2 rings (SSSR count). The van der Waals surface area contributed by atoms with Crippen LogP contribution in [0, 0.1) is 6.92 Å². The largest absolute Gasteiger partial charge is 0.336 e. The highest BCUT2D eigenvalue weighted by Crippen LogP contribution is 2.28. The van der Waals surface area contributed by atoms with E-state index in [1.54, 1.807) is 19.1 Å². The maximum absolute atomic E-state index is 12.0. The maximum Gasteiger partial charge on any atom is 0.264 e. The first-order valence-corrected chi connectivity index (χ1v) is 7.87. The summed E-state index contributed by atoms with van der Waals surface area (Å²) in [5.41, 5.74) is 0.573. The summed E-state index contributed by atoms with van der Waals surface area (Å²) in [4.78, 5) is 0.145. The number of sulfonamides is 1. The molecule has 1 aromatic heterocycles. The Kier molecular flexibility index (Phi) is 3.79. The quantitative estimate of drug-likeness (QED) is 0.865. The molecule has 0 aliphatic rings. The number of aromatic nitrogens is 1. The van der Waals surface area contributed by atoms with Crippen LogP contribution in [0.5, 0.6) is 0 Å². The number of nitrogens with zero attached hydrogens (tertiary/aromatic N) is 1. The van der Waals surface area contributed by atoms with Crippen LogP contribution in [0.1, 0.15) is 5.69 Å². The molecule has 8 heteroatoms. The van der Waals surface area contributed by atoms with Gasteiger partial charge in [-0.1, -0.05) is 21.1 Å². The molecular weight excluding hydrogens is 388 g/mol. The van der Waals surface area contributed by atoms with Crippen LogP contribution in [0.3, 0.4) is 0 Å². The molecule has 0 saturated carbocycles. The van der Waals surface area contributed by atoms with E-state index in [4.69, 9.17) is 4.52 Å². The molecule has 96 valence electrons. The minimum absolute atomic E-state index is 0.0652. The van der Waals surface area contributed by atoms with Crippen LogP contribution in [-0.2, 0) is 10.0 Å². The number of hydrogen-bond acceptors (Lipinski definition) is 4. The summed E-state index contributed by atoms with van der Waals surface area (Å²) in [6.07, 6.45) is 0. The van der Waals surface area contributed by atoms with Crippen molar-refractivity contribution in [3.63, 3.8) is 0 Å². The Balaban J connectivity index is 2.33. The van der Waals surface area contributed by atoms with Gasteiger partial charge in [-0.05, 0) is 47.1 Å². The third-order valence-electron chi connectivity index (χ3n) is 2.14. The minimum atomic E-state index is -3.67. The average molecular weight is 396 g/mol. The Bertz CT molecular complexity index is 665. The first-order valence-electron chi connectivity index (χ1n) is 4.80. The van der Waals surface area contributed by atoms with E-state index in [0.29, 0.717) is 10.2 Å². The monoisotopic (exact) mass is 394 g/mol. The van der Waals surface area contributed by atoms with Crippen LogP contribution < -0.4 is 4.72 Å². The Morgan fingerprint density at radius 3 is 2.33 bits per heavy atom. The fourth-order valence-electron chi connectivity index (χ4n) is 1.22. The molecule has 1 heterocycles. The molecule has 1 aromatic carbocycles. The highest BCUT2D eigenvalue weighted by Gasteiger charge is 2.19. The Labute approximate surface area is 121 Å². The summed E-state index contributed by atoms with van der Waals surface area (Å²) in [5.74, 6) is 0.0652. The molecule has 18 heavy (non-hydrogen) atoms. The molecule has 0 aliphatic heterocycles. The van der Waals surface area contributed by atoms with E-state index in [1.807, 2.05) is 0 Å². The highest BCUT2D eigenvalue weighted by molar-refractivity contribution is 9.11. The molecule has 5 nitrogen and oxygen atoms in total. The predicted octanol–water partition coefficient (Wildman–Crippen LogP) is 3.31. The van der Waals surface area contributed by atoms with E-state index < -0.39 is 10.0 Å². The van der Waals surface area contributed by atoms with Gasteiger partial charge in [-0.2, -0.15) is 0 Å². The number of anilines is 1. The molecule has 0 aliphatic carbocycles. The fourth-order valence-corrected chi connectivity index (χ4v) is 2.85. The lowest BCUT2D eigenvalue weighted by Gasteiger charge is -2.05. The molecule has 0 radical (unpaired) electrons. The predicted molar refractivity (Wildman–Crippen MR) is 73.9 cm³/mol. The van der Waals surface area contributed by atoms with Crippen LogP contribution in [0.2, 0.25) is 0 Å². The van der Waals surface area contributed by atoms with Gasteiger partial charge in [0.2, 0.25) is 0 Å². The van der Waals surface area contributed by atoms with Crippen LogP contribution in [0.25, 0.3) is 0 Å². The summed E-state index contributed by atoms with van der Waals surface area (Å²) in [7, 11) is -3.67. The number of nitrogens with one attached hydrogen (secondary N) is 1. The van der Waals surface area contributed by atoms with Crippen molar-refractivity contribution >= 4 is 47.8 Å². The van der Waals surface area contributed by atoms with Gasteiger partial charge in [0.15, 0.2) is 0 Å². The van der Waals surface area contributed by atoms with Gasteiger partial charge < -0.3 is 4.52 Å². The van der Waals surface area contributed by atoms with E-state index in [9.17, 15) is 8.42 Å². The molecule has 0 spiro atoms. The van der Waals surface area contributed by atoms with E-state index in [0.717, 1.165) is 4.47 Å². The molecule has 2 aromatic rings.